The van der Waals surface area contributed by atoms with Crippen molar-refractivity contribution in [2.75, 3.05) is 26.2 Å². The minimum atomic E-state index is 0.0568. The van der Waals surface area contributed by atoms with Gasteiger partial charge in [0.15, 0.2) is 0 Å². The number of nitrogens with zero attached hydrogens (tertiary/aromatic N) is 6. The van der Waals surface area contributed by atoms with Crippen molar-refractivity contribution in [1.29, 1.82) is 0 Å². The summed E-state index contributed by atoms with van der Waals surface area (Å²) in [5.41, 5.74) is 1.15. The number of tetrazole rings is 1. The number of piperazine rings is 1. The number of thiophene rings is 1. The van der Waals surface area contributed by atoms with Gasteiger partial charge in [-0.1, -0.05) is 23.7 Å². The number of carbonyl (C=O) groups excluding carboxylic acids is 1. The molecule has 2 aromatic heterocycles. The molecule has 0 atom stereocenters. The summed E-state index contributed by atoms with van der Waals surface area (Å²) in [4.78, 5) is 19.1. The molecule has 0 radical (unpaired) electrons. The van der Waals surface area contributed by atoms with Crippen LogP contribution in [-0.4, -0.2) is 62.1 Å². The highest BCUT2D eigenvalue weighted by Gasteiger charge is 2.22. The third kappa shape index (κ3) is 4.52. The van der Waals surface area contributed by atoms with Crippen LogP contribution in [0.15, 0.2) is 42.7 Å². The van der Waals surface area contributed by atoms with E-state index in [1.165, 1.54) is 20.8 Å². The summed E-state index contributed by atoms with van der Waals surface area (Å²) in [6.07, 6.45) is 1.46. The van der Waals surface area contributed by atoms with Gasteiger partial charge in [-0.15, -0.1) is 16.4 Å². The molecule has 0 bridgehead atoms. The lowest BCUT2D eigenvalue weighted by atomic mass is 10.2. The minimum absolute atomic E-state index is 0.0568. The molecule has 7 nitrogen and oxygen atoms in total. The van der Waals surface area contributed by atoms with E-state index < -0.39 is 0 Å². The van der Waals surface area contributed by atoms with E-state index in [-0.39, 0.29) is 12.5 Å². The molecule has 0 aliphatic carbocycles. The molecule has 1 aromatic carbocycles. The van der Waals surface area contributed by atoms with Crippen molar-refractivity contribution in [3.8, 4) is 10.4 Å². The molecule has 3 aromatic rings. The Bertz CT molecular complexity index is 904. The first-order chi connectivity index (χ1) is 13.2. The Morgan fingerprint density at radius 3 is 2.74 bits per heavy atom. The molecule has 1 amide bonds. The van der Waals surface area contributed by atoms with Gasteiger partial charge in [0, 0.05) is 47.5 Å². The van der Waals surface area contributed by atoms with Crippen molar-refractivity contribution in [1.82, 2.24) is 30.0 Å². The highest BCUT2D eigenvalue weighted by atomic mass is 35.5. The van der Waals surface area contributed by atoms with Crippen LogP contribution in [-0.2, 0) is 17.9 Å². The Kier molecular flexibility index (Phi) is 5.47. The van der Waals surface area contributed by atoms with Crippen LogP contribution in [0.25, 0.3) is 10.4 Å². The third-order valence-corrected chi connectivity index (χ3v) is 5.92. The second kappa shape index (κ2) is 8.16. The second-order valence-electron chi connectivity index (χ2n) is 6.44. The highest BCUT2D eigenvalue weighted by Crippen LogP contribution is 2.30. The lowest BCUT2D eigenvalue weighted by Crippen LogP contribution is -2.49. The molecular formula is C18H19ClN6OS. The highest BCUT2D eigenvalue weighted by molar-refractivity contribution is 7.15. The van der Waals surface area contributed by atoms with Crippen molar-refractivity contribution >= 4 is 28.8 Å². The molecule has 3 heterocycles. The van der Waals surface area contributed by atoms with Crippen molar-refractivity contribution in [3.63, 3.8) is 0 Å². The van der Waals surface area contributed by atoms with Crippen molar-refractivity contribution in [3.05, 3.63) is 52.6 Å². The monoisotopic (exact) mass is 402 g/mol. The standard InChI is InChI=1S/C18H19ClN6OS/c19-15-3-1-2-14(10-15)17-5-4-16(27-17)11-23-6-8-24(9-7-23)18(26)12-25-13-20-21-22-25/h1-5,10,13H,6-9,11-12H2. The van der Waals surface area contributed by atoms with Crippen LogP contribution in [0.2, 0.25) is 5.02 Å². The third-order valence-electron chi connectivity index (χ3n) is 4.56. The van der Waals surface area contributed by atoms with Crippen LogP contribution in [0.5, 0.6) is 0 Å². The molecule has 0 N–H and O–H groups in total. The fraction of sp³-hybridized carbons (Fsp3) is 0.333. The summed E-state index contributed by atoms with van der Waals surface area (Å²) in [5, 5.41) is 11.6. The van der Waals surface area contributed by atoms with Gasteiger partial charge in [0.2, 0.25) is 5.91 Å². The zero-order chi connectivity index (χ0) is 18.6. The Balaban J connectivity index is 1.30. The molecule has 27 heavy (non-hydrogen) atoms. The van der Waals surface area contributed by atoms with E-state index in [1.807, 2.05) is 23.1 Å². The number of rotatable bonds is 5. The van der Waals surface area contributed by atoms with Crippen LogP contribution >= 0.6 is 22.9 Å². The largest absolute Gasteiger partial charge is 0.339 e. The van der Waals surface area contributed by atoms with Gasteiger partial charge in [-0.05, 0) is 40.3 Å². The molecule has 1 aliphatic heterocycles. The molecule has 4 rings (SSSR count). The van der Waals surface area contributed by atoms with Gasteiger partial charge in [-0.25, -0.2) is 4.68 Å². The fourth-order valence-electron chi connectivity index (χ4n) is 3.13. The number of halogens is 1. The number of benzene rings is 1. The molecule has 0 saturated carbocycles. The summed E-state index contributed by atoms with van der Waals surface area (Å²) in [7, 11) is 0. The first-order valence-electron chi connectivity index (χ1n) is 8.73. The van der Waals surface area contributed by atoms with Crippen LogP contribution < -0.4 is 0 Å². The van der Waals surface area contributed by atoms with Crippen molar-refractivity contribution in [2.45, 2.75) is 13.1 Å². The number of hydrogen-bond donors (Lipinski definition) is 0. The van der Waals surface area contributed by atoms with Crippen LogP contribution in [0.1, 0.15) is 4.88 Å². The smallest absolute Gasteiger partial charge is 0.244 e. The SMILES string of the molecule is O=C(Cn1cnnn1)N1CCN(Cc2ccc(-c3cccc(Cl)c3)s2)CC1. The van der Waals surface area contributed by atoms with Gasteiger partial charge in [0.25, 0.3) is 0 Å². The maximum Gasteiger partial charge on any atom is 0.244 e. The van der Waals surface area contributed by atoms with Gasteiger partial charge >= 0.3 is 0 Å². The Labute approximate surface area is 166 Å². The van der Waals surface area contributed by atoms with E-state index in [0.717, 1.165) is 43.3 Å². The average Bonchev–Trinajstić information content (AvgIpc) is 3.34. The van der Waals surface area contributed by atoms with Crippen LogP contribution in [0.3, 0.4) is 0 Å². The summed E-state index contributed by atoms with van der Waals surface area (Å²) in [6, 6.07) is 12.3. The van der Waals surface area contributed by atoms with Gasteiger partial charge in [0.05, 0.1) is 0 Å². The Morgan fingerprint density at radius 1 is 1.15 bits per heavy atom. The minimum Gasteiger partial charge on any atom is -0.339 e. The number of amides is 1. The first-order valence-corrected chi connectivity index (χ1v) is 9.92. The summed E-state index contributed by atoms with van der Waals surface area (Å²) in [5.74, 6) is 0.0568. The first kappa shape index (κ1) is 18.1. The fourth-order valence-corrected chi connectivity index (χ4v) is 4.36. The van der Waals surface area contributed by atoms with Gasteiger partial charge < -0.3 is 4.90 Å². The van der Waals surface area contributed by atoms with E-state index in [9.17, 15) is 4.79 Å². The van der Waals surface area contributed by atoms with E-state index >= 15 is 0 Å². The van der Waals surface area contributed by atoms with E-state index in [2.05, 4.69) is 38.6 Å². The molecule has 1 aliphatic rings. The summed E-state index contributed by atoms with van der Waals surface area (Å²) >= 11 is 7.88. The summed E-state index contributed by atoms with van der Waals surface area (Å²) in [6.45, 7) is 4.29. The van der Waals surface area contributed by atoms with E-state index in [1.54, 1.807) is 11.3 Å². The number of hydrogen-bond acceptors (Lipinski definition) is 6. The molecule has 140 valence electrons. The Morgan fingerprint density at radius 2 is 2.00 bits per heavy atom. The molecule has 0 spiro atoms. The van der Waals surface area contributed by atoms with Gasteiger partial charge in [0.1, 0.15) is 12.9 Å². The van der Waals surface area contributed by atoms with E-state index in [4.69, 9.17) is 11.6 Å². The van der Waals surface area contributed by atoms with Crippen LogP contribution in [0, 0.1) is 0 Å². The predicted octanol–water partition coefficient (Wildman–Crippen LogP) is 2.40. The zero-order valence-electron chi connectivity index (χ0n) is 14.7. The summed E-state index contributed by atoms with van der Waals surface area (Å²) < 4.78 is 1.46. The molecule has 1 fully saturated rings. The average molecular weight is 403 g/mol. The Hall–Kier alpha value is -2.29. The maximum absolute atomic E-state index is 12.3. The van der Waals surface area contributed by atoms with Crippen molar-refractivity contribution in [2.24, 2.45) is 0 Å². The quantitative estimate of drug-likeness (QED) is 0.655. The molecule has 1 saturated heterocycles. The van der Waals surface area contributed by atoms with Gasteiger partial charge in [-0.2, -0.15) is 0 Å². The topological polar surface area (TPSA) is 67.2 Å². The van der Waals surface area contributed by atoms with Crippen molar-refractivity contribution < 1.29 is 4.79 Å². The lowest BCUT2D eigenvalue weighted by Gasteiger charge is -2.34. The number of aromatic nitrogens is 4. The predicted molar refractivity (Wildman–Crippen MR) is 104 cm³/mol. The maximum atomic E-state index is 12.3. The van der Waals surface area contributed by atoms with E-state index in [0.29, 0.717) is 0 Å². The molecule has 9 heteroatoms. The normalized spacial score (nSPS) is 15.2. The molecule has 0 unspecified atom stereocenters. The lowest BCUT2D eigenvalue weighted by molar-refractivity contribution is -0.133. The number of carbonyl (C=O) groups is 1. The molecular weight excluding hydrogens is 384 g/mol. The van der Waals surface area contributed by atoms with Crippen LogP contribution in [0.4, 0.5) is 0 Å². The second-order valence-corrected chi connectivity index (χ2v) is 8.05. The zero-order valence-corrected chi connectivity index (χ0v) is 16.2. The van der Waals surface area contributed by atoms with Gasteiger partial charge in [-0.3, -0.25) is 9.69 Å².